The van der Waals surface area contributed by atoms with Crippen molar-refractivity contribution < 1.29 is 0 Å². The molecule has 0 aliphatic heterocycles. The molecule has 2 heterocycles. The Labute approximate surface area is 114 Å². The van der Waals surface area contributed by atoms with Crippen LogP contribution in [0.3, 0.4) is 0 Å². The molecular formula is C11H15BrN6. The molecule has 0 amide bonds. The predicted octanol–water partition coefficient (Wildman–Crippen LogP) is 1.89. The van der Waals surface area contributed by atoms with E-state index in [0.29, 0.717) is 16.1 Å². The molecule has 0 radical (unpaired) electrons. The van der Waals surface area contributed by atoms with Gasteiger partial charge in [0.1, 0.15) is 10.8 Å². The highest BCUT2D eigenvalue weighted by Gasteiger charge is 2.16. The second-order valence-corrected chi connectivity index (χ2v) is 4.71. The van der Waals surface area contributed by atoms with E-state index < -0.39 is 0 Å². The zero-order chi connectivity index (χ0) is 13.3. The molecule has 96 valence electrons. The normalized spacial score (nSPS) is 10.7. The Morgan fingerprint density at radius 3 is 2.67 bits per heavy atom. The zero-order valence-electron chi connectivity index (χ0n) is 10.5. The minimum absolute atomic E-state index is 0.533. The number of nitrogen functional groups attached to an aromatic ring is 1. The van der Waals surface area contributed by atoms with Gasteiger partial charge in [-0.1, -0.05) is 6.92 Å². The summed E-state index contributed by atoms with van der Waals surface area (Å²) in [7, 11) is 0. The molecule has 0 unspecified atom stereocenters. The van der Waals surface area contributed by atoms with Crippen molar-refractivity contribution in [3.63, 3.8) is 0 Å². The number of hydrogen-bond donors (Lipinski definition) is 2. The van der Waals surface area contributed by atoms with Crippen LogP contribution in [0.25, 0.3) is 5.82 Å². The van der Waals surface area contributed by atoms with Crippen LogP contribution in [0.5, 0.6) is 0 Å². The summed E-state index contributed by atoms with van der Waals surface area (Å²) in [6, 6.07) is 0. The molecule has 2 aromatic heterocycles. The van der Waals surface area contributed by atoms with E-state index >= 15 is 0 Å². The maximum absolute atomic E-state index is 5.40. The molecule has 0 aliphatic rings. The maximum atomic E-state index is 5.40. The van der Waals surface area contributed by atoms with Crippen molar-refractivity contribution in [3.05, 3.63) is 27.8 Å². The minimum atomic E-state index is 0.533. The molecule has 2 rings (SSSR count). The van der Waals surface area contributed by atoms with E-state index in [1.807, 2.05) is 13.8 Å². The molecule has 7 heteroatoms. The lowest BCUT2D eigenvalue weighted by molar-refractivity contribution is 0.795. The molecular weight excluding hydrogens is 296 g/mol. The molecule has 0 bridgehead atoms. The molecule has 0 atom stereocenters. The Hall–Kier alpha value is -1.47. The van der Waals surface area contributed by atoms with Gasteiger partial charge in [-0.3, -0.25) is 0 Å². The summed E-state index contributed by atoms with van der Waals surface area (Å²) in [5, 5.41) is 4.52. The third-order valence-corrected chi connectivity index (χ3v) is 3.63. The SMILES string of the molecule is CCc1c(C)nn(-c2ncnc(NN)c2Br)c1C. The molecule has 3 N–H and O–H groups in total. The van der Waals surface area contributed by atoms with Gasteiger partial charge in [0.25, 0.3) is 0 Å². The topological polar surface area (TPSA) is 81.7 Å². The number of hydrogen-bond acceptors (Lipinski definition) is 5. The number of hydrazine groups is 1. The van der Waals surface area contributed by atoms with Gasteiger partial charge < -0.3 is 5.43 Å². The van der Waals surface area contributed by atoms with Crippen LogP contribution in [0.2, 0.25) is 0 Å². The summed E-state index contributed by atoms with van der Waals surface area (Å²) >= 11 is 3.44. The Balaban J connectivity index is 2.62. The van der Waals surface area contributed by atoms with Crippen molar-refractivity contribution in [1.82, 2.24) is 19.7 Å². The fourth-order valence-electron chi connectivity index (χ4n) is 2.00. The van der Waals surface area contributed by atoms with E-state index in [4.69, 9.17) is 5.84 Å². The monoisotopic (exact) mass is 310 g/mol. The smallest absolute Gasteiger partial charge is 0.173 e. The maximum Gasteiger partial charge on any atom is 0.173 e. The Kier molecular flexibility index (Phi) is 3.63. The first kappa shape index (κ1) is 13.0. The minimum Gasteiger partial charge on any atom is -0.307 e. The van der Waals surface area contributed by atoms with E-state index in [2.05, 4.69) is 43.3 Å². The van der Waals surface area contributed by atoms with Crippen molar-refractivity contribution in [2.45, 2.75) is 27.2 Å². The van der Waals surface area contributed by atoms with Gasteiger partial charge in [-0.2, -0.15) is 5.10 Å². The van der Waals surface area contributed by atoms with Crippen molar-refractivity contribution >= 4 is 21.7 Å². The van der Waals surface area contributed by atoms with Crippen LogP contribution >= 0.6 is 15.9 Å². The van der Waals surface area contributed by atoms with Gasteiger partial charge in [0.15, 0.2) is 11.6 Å². The van der Waals surface area contributed by atoms with Gasteiger partial charge in [0.05, 0.1) is 5.69 Å². The van der Waals surface area contributed by atoms with Gasteiger partial charge >= 0.3 is 0 Å². The number of nitrogens with zero attached hydrogens (tertiary/aromatic N) is 4. The van der Waals surface area contributed by atoms with Crippen LogP contribution in [0.15, 0.2) is 10.8 Å². The predicted molar refractivity (Wildman–Crippen MR) is 73.5 cm³/mol. The second kappa shape index (κ2) is 5.03. The molecule has 0 fully saturated rings. The van der Waals surface area contributed by atoms with E-state index in [1.165, 1.54) is 11.9 Å². The van der Waals surface area contributed by atoms with Crippen molar-refractivity contribution in [2.75, 3.05) is 5.43 Å². The first-order chi connectivity index (χ1) is 8.60. The van der Waals surface area contributed by atoms with E-state index in [-0.39, 0.29) is 0 Å². The van der Waals surface area contributed by atoms with Crippen LogP contribution in [-0.4, -0.2) is 19.7 Å². The Morgan fingerprint density at radius 1 is 1.39 bits per heavy atom. The zero-order valence-corrected chi connectivity index (χ0v) is 12.1. The number of rotatable bonds is 3. The molecule has 0 aromatic carbocycles. The van der Waals surface area contributed by atoms with Gasteiger partial charge in [-0.15, -0.1) is 0 Å². The average molecular weight is 311 g/mol. The fraction of sp³-hybridized carbons (Fsp3) is 0.364. The standard InChI is InChI=1S/C11H15BrN6/c1-4-8-6(2)17-18(7(8)3)11-9(12)10(16-13)14-5-15-11/h5H,4,13H2,1-3H3,(H,14,15,16). The molecule has 0 aliphatic carbocycles. The Bertz CT molecular complexity index is 577. The van der Waals surface area contributed by atoms with Crippen LogP contribution in [-0.2, 0) is 6.42 Å². The van der Waals surface area contributed by atoms with Crippen molar-refractivity contribution in [2.24, 2.45) is 5.84 Å². The number of aryl methyl sites for hydroxylation is 1. The average Bonchev–Trinajstić information content (AvgIpc) is 2.64. The molecule has 0 saturated carbocycles. The third kappa shape index (κ3) is 1.99. The van der Waals surface area contributed by atoms with Gasteiger partial charge in [0, 0.05) is 5.69 Å². The van der Waals surface area contributed by atoms with Crippen LogP contribution in [0.1, 0.15) is 23.9 Å². The van der Waals surface area contributed by atoms with Crippen molar-refractivity contribution in [1.29, 1.82) is 0 Å². The second-order valence-electron chi connectivity index (χ2n) is 3.92. The molecule has 0 saturated heterocycles. The van der Waals surface area contributed by atoms with E-state index in [0.717, 1.165) is 17.8 Å². The highest BCUT2D eigenvalue weighted by atomic mass is 79.9. The highest BCUT2D eigenvalue weighted by Crippen LogP contribution is 2.26. The summed E-state index contributed by atoms with van der Waals surface area (Å²) in [6.45, 7) is 6.14. The lowest BCUT2D eigenvalue weighted by atomic mass is 10.1. The van der Waals surface area contributed by atoms with Crippen LogP contribution in [0, 0.1) is 13.8 Å². The lowest BCUT2D eigenvalue weighted by Gasteiger charge is -2.08. The molecule has 2 aromatic rings. The first-order valence-corrected chi connectivity index (χ1v) is 6.42. The van der Waals surface area contributed by atoms with Crippen molar-refractivity contribution in [3.8, 4) is 5.82 Å². The summed E-state index contributed by atoms with van der Waals surface area (Å²) in [6.07, 6.45) is 2.40. The molecule has 6 nitrogen and oxygen atoms in total. The Morgan fingerprint density at radius 2 is 2.11 bits per heavy atom. The van der Waals surface area contributed by atoms with Gasteiger partial charge in [0.2, 0.25) is 0 Å². The number of aromatic nitrogens is 4. The lowest BCUT2D eigenvalue weighted by Crippen LogP contribution is -2.12. The summed E-state index contributed by atoms with van der Waals surface area (Å²) in [5.41, 5.74) is 5.86. The summed E-state index contributed by atoms with van der Waals surface area (Å²) in [5.74, 6) is 6.61. The molecule has 0 spiro atoms. The van der Waals surface area contributed by atoms with Gasteiger partial charge in [-0.05, 0) is 41.8 Å². The number of nitrogens with two attached hydrogens (primary N) is 1. The summed E-state index contributed by atoms with van der Waals surface area (Å²) in [4.78, 5) is 8.28. The first-order valence-electron chi connectivity index (χ1n) is 5.62. The third-order valence-electron chi connectivity index (χ3n) is 2.90. The quantitative estimate of drug-likeness (QED) is 0.668. The number of nitrogens with one attached hydrogen (secondary N) is 1. The number of halogens is 1. The molecule has 18 heavy (non-hydrogen) atoms. The van der Waals surface area contributed by atoms with Gasteiger partial charge in [-0.25, -0.2) is 20.5 Å². The largest absolute Gasteiger partial charge is 0.307 e. The van der Waals surface area contributed by atoms with Crippen LogP contribution in [0.4, 0.5) is 5.82 Å². The number of anilines is 1. The summed E-state index contributed by atoms with van der Waals surface area (Å²) < 4.78 is 2.50. The van der Waals surface area contributed by atoms with E-state index in [1.54, 1.807) is 4.68 Å². The highest BCUT2D eigenvalue weighted by molar-refractivity contribution is 9.10. The van der Waals surface area contributed by atoms with Crippen LogP contribution < -0.4 is 11.3 Å². The fourth-order valence-corrected chi connectivity index (χ4v) is 2.49. The van der Waals surface area contributed by atoms with E-state index in [9.17, 15) is 0 Å².